The van der Waals surface area contributed by atoms with Gasteiger partial charge >= 0.3 is 16.1 Å². The third-order valence-corrected chi connectivity index (χ3v) is 4.28. The number of anilines is 1. The van der Waals surface area contributed by atoms with Gasteiger partial charge in [-0.15, -0.1) is 11.3 Å². The minimum atomic E-state index is -4.43. The molecule has 0 bridgehead atoms. The van der Waals surface area contributed by atoms with Gasteiger partial charge < -0.3 is 14.3 Å². The van der Waals surface area contributed by atoms with Crippen LogP contribution < -0.4 is 5.32 Å². The standard InChI is InChI=1S/C12H10N4O6S2/c1-21-16-10(8-6-23-12(15-8)14-7-17)11(18)22-24(19,20)9-4-2-3-5-13-9/h2-7H,1H3,(H,14,15,17)/b16-10-. The molecule has 0 spiro atoms. The van der Waals surface area contributed by atoms with E-state index in [0.717, 1.165) is 18.4 Å². The topological polar surface area (TPSA) is 137 Å². The van der Waals surface area contributed by atoms with E-state index in [2.05, 4.69) is 29.5 Å². The van der Waals surface area contributed by atoms with Crippen LogP contribution in [0.3, 0.4) is 0 Å². The number of carbonyl (C=O) groups excluding carboxylic acids is 2. The number of nitrogens with zero attached hydrogens (tertiary/aromatic N) is 3. The highest BCUT2D eigenvalue weighted by Gasteiger charge is 2.28. The molecule has 0 atom stereocenters. The van der Waals surface area contributed by atoms with Gasteiger partial charge in [0.05, 0.1) is 0 Å². The molecule has 2 heterocycles. The fourth-order valence-corrected chi connectivity index (χ4v) is 2.91. The third kappa shape index (κ3) is 4.11. The van der Waals surface area contributed by atoms with Gasteiger partial charge in [-0.05, 0) is 12.1 Å². The van der Waals surface area contributed by atoms with E-state index >= 15 is 0 Å². The molecule has 0 unspecified atom stereocenters. The summed E-state index contributed by atoms with van der Waals surface area (Å²) in [6.45, 7) is 0. The largest absolute Gasteiger partial charge is 0.398 e. The predicted molar refractivity (Wildman–Crippen MR) is 82.9 cm³/mol. The van der Waals surface area contributed by atoms with Crippen LogP contribution in [0, 0.1) is 0 Å². The molecular formula is C12H10N4O6S2. The molecule has 12 heteroatoms. The Morgan fingerprint density at radius 1 is 1.42 bits per heavy atom. The van der Waals surface area contributed by atoms with Crippen molar-refractivity contribution in [2.24, 2.45) is 5.16 Å². The van der Waals surface area contributed by atoms with Crippen molar-refractivity contribution >= 4 is 44.7 Å². The van der Waals surface area contributed by atoms with E-state index in [1.165, 1.54) is 29.8 Å². The number of nitrogens with one attached hydrogen (secondary N) is 1. The monoisotopic (exact) mass is 370 g/mol. The summed E-state index contributed by atoms with van der Waals surface area (Å²) in [5, 5.41) is 6.84. The van der Waals surface area contributed by atoms with Gasteiger partial charge in [0.1, 0.15) is 12.8 Å². The lowest BCUT2D eigenvalue weighted by atomic mass is 10.3. The molecule has 0 saturated heterocycles. The quantitative estimate of drug-likeness (QED) is 0.320. The number of hydrogen-bond acceptors (Lipinski definition) is 10. The first kappa shape index (κ1) is 17.5. The predicted octanol–water partition coefficient (Wildman–Crippen LogP) is 0.389. The van der Waals surface area contributed by atoms with Gasteiger partial charge in [0.2, 0.25) is 12.1 Å². The number of thiazole rings is 1. The van der Waals surface area contributed by atoms with Crippen LogP contribution in [-0.4, -0.2) is 43.6 Å². The van der Waals surface area contributed by atoms with Crippen LogP contribution in [0.2, 0.25) is 0 Å². The van der Waals surface area contributed by atoms with Crippen LogP contribution in [-0.2, 0) is 28.7 Å². The Balaban J connectivity index is 2.27. The van der Waals surface area contributed by atoms with Crippen molar-refractivity contribution in [3.63, 3.8) is 0 Å². The number of carbonyl (C=O) groups is 2. The minimum absolute atomic E-state index is 0.0209. The summed E-state index contributed by atoms with van der Waals surface area (Å²) in [6, 6.07) is 4.11. The molecule has 1 N–H and O–H groups in total. The first-order valence-electron chi connectivity index (χ1n) is 6.15. The first-order chi connectivity index (χ1) is 11.5. The molecule has 10 nitrogen and oxygen atoms in total. The molecule has 2 aromatic rings. The second-order valence-electron chi connectivity index (χ2n) is 3.92. The molecular weight excluding hydrogens is 360 g/mol. The number of oxime groups is 1. The van der Waals surface area contributed by atoms with Gasteiger partial charge in [0.15, 0.2) is 10.2 Å². The summed E-state index contributed by atoms with van der Waals surface area (Å²) in [7, 11) is -3.26. The van der Waals surface area contributed by atoms with Gasteiger partial charge in [0, 0.05) is 11.6 Å². The zero-order valence-electron chi connectivity index (χ0n) is 12.1. The maximum Gasteiger partial charge on any atom is 0.378 e. The van der Waals surface area contributed by atoms with E-state index in [1.54, 1.807) is 0 Å². The summed E-state index contributed by atoms with van der Waals surface area (Å²) in [4.78, 5) is 34.5. The highest BCUT2D eigenvalue weighted by Crippen LogP contribution is 2.17. The molecule has 0 saturated carbocycles. The lowest BCUT2D eigenvalue weighted by molar-refractivity contribution is -0.126. The van der Waals surface area contributed by atoms with Crippen LogP contribution in [0.1, 0.15) is 5.69 Å². The molecule has 126 valence electrons. The van der Waals surface area contributed by atoms with Gasteiger partial charge in [0.25, 0.3) is 0 Å². The van der Waals surface area contributed by atoms with Crippen molar-refractivity contribution in [3.05, 3.63) is 35.5 Å². The van der Waals surface area contributed by atoms with E-state index in [0.29, 0.717) is 6.41 Å². The third-order valence-electron chi connectivity index (χ3n) is 2.38. The Morgan fingerprint density at radius 2 is 2.21 bits per heavy atom. The Labute approximate surface area is 140 Å². The van der Waals surface area contributed by atoms with Crippen molar-refractivity contribution in [2.45, 2.75) is 5.03 Å². The molecule has 24 heavy (non-hydrogen) atoms. The lowest BCUT2D eigenvalue weighted by Crippen LogP contribution is -2.23. The molecule has 0 aliphatic heterocycles. The maximum absolute atomic E-state index is 12.1. The highest BCUT2D eigenvalue weighted by molar-refractivity contribution is 7.87. The summed E-state index contributed by atoms with van der Waals surface area (Å²) < 4.78 is 28.5. The summed E-state index contributed by atoms with van der Waals surface area (Å²) in [6.07, 6.45) is 1.64. The smallest absolute Gasteiger partial charge is 0.378 e. The fourth-order valence-electron chi connectivity index (χ4n) is 1.46. The lowest BCUT2D eigenvalue weighted by Gasteiger charge is -2.05. The van der Waals surface area contributed by atoms with Crippen molar-refractivity contribution in [1.82, 2.24) is 9.97 Å². The second kappa shape index (κ2) is 7.61. The number of hydrogen-bond donors (Lipinski definition) is 1. The molecule has 2 rings (SSSR count). The second-order valence-corrected chi connectivity index (χ2v) is 6.27. The molecule has 0 radical (unpaired) electrons. The normalized spacial score (nSPS) is 11.6. The summed E-state index contributed by atoms with van der Waals surface area (Å²) in [5.41, 5.74) is -0.500. The van der Waals surface area contributed by atoms with Crippen LogP contribution >= 0.6 is 11.3 Å². The average molecular weight is 370 g/mol. The van der Waals surface area contributed by atoms with Gasteiger partial charge in [-0.25, -0.2) is 14.8 Å². The first-order valence-corrected chi connectivity index (χ1v) is 8.44. The molecule has 0 aromatic carbocycles. The molecule has 1 amide bonds. The minimum Gasteiger partial charge on any atom is -0.398 e. The van der Waals surface area contributed by atoms with Crippen molar-refractivity contribution < 1.29 is 27.0 Å². The van der Waals surface area contributed by atoms with Crippen LogP contribution in [0.5, 0.6) is 0 Å². The van der Waals surface area contributed by atoms with E-state index in [4.69, 9.17) is 0 Å². The van der Waals surface area contributed by atoms with Gasteiger partial charge in [-0.1, -0.05) is 11.2 Å². The van der Waals surface area contributed by atoms with Crippen LogP contribution in [0.15, 0.2) is 40.0 Å². The zero-order valence-corrected chi connectivity index (χ0v) is 13.7. The maximum atomic E-state index is 12.1. The number of aromatic nitrogens is 2. The molecule has 0 fully saturated rings. The number of pyridine rings is 1. The average Bonchev–Trinajstić information content (AvgIpc) is 3.01. The van der Waals surface area contributed by atoms with Crippen molar-refractivity contribution in [1.29, 1.82) is 0 Å². The Bertz CT molecular complexity index is 863. The summed E-state index contributed by atoms with van der Waals surface area (Å²) >= 11 is 1.00. The van der Waals surface area contributed by atoms with Crippen LogP contribution in [0.4, 0.5) is 5.13 Å². The number of rotatable bonds is 7. The van der Waals surface area contributed by atoms with E-state index < -0.39 is 26.8 Å². The highest BCUT2D eigenvalue weighted by atomic mass is 32.2. The Hall–Kier alpha value is -2.86. The summed E-state index contributed by atoms with van der Waals surface area (Å²) in [5.74, 6) is -1.30. The van der Waals surface area contributed by atoms with Crippen molar-refractivity contribution in [2.75, 3.05) is 12.4 Å². The van der Waals surface area contributed by atoms with Crippen LogP contribution in [0.25, 0.3) is 0 Å². The molecule has 2 aromatic heterocycles. The van der Waals surface area contributed by atoms with E-state index in [9.17, 15) is 18.0 Å². The van der Waals surface area contributed by atoms with E-state index in [1.807, 2.05) is 0 Å². The Kier molecular flexibility index (Phi) is 5.55. The number of amides is 1. The molecule has 0 aliphatic rings. The fraction of sp³-hybridized carbons (Fsp3) is 0.0833. The molecule has 0 aliphatic carbocycles. The SMILES string of the molecule is CO/N=C(\C(=O)OS(=O)(=O)c1ccccn1)c1csc(NC=O)n1. The Morgan fingerprint density at radius 3 is 2.83 bits per heavy atom. The van der Waals surface area contributed by atoms with Gasteiger partial charge in [-0.3, -0.25) is 4.79 Å². The zero-order chi connectivity index (χ0) is 17.6. The van der Waals surface area contributed by atoms with E-state index in [-0.39, 0.29) is 10.8 Å². The van der Waals surface area contributed by atoms with Crippen molar-refractivity contribution in [3.8, 4) is 0 Å². The van der Waals surface area contributed by atoms with Gasteiger partial charge in [-0.2, -0.15) is 8.42 Å².